The van der Waals surface area contributed by atoms with E-state index >= 15 is 0 Å². The largest absolute Gasteiger partial charge is 0.480 e. The third-order valence-electron chi connectivity index (χ3n) is 2.64. The van der Waals surface area contributed by atoms with Crippen molar-refractivity contribution in [1.29, 1.82) is 0 Å². The Morgan fingerprint density at radius 3 is 2.44 bits per heavy atom. The van der Waals surface area contributed by atoms with E-state index in [1.54, 1.807) is 6.92 Å². The van der Waals surface area contributed by atoms with Gasteiger partial charge in [-0.3, -0.25) is 4.79 Å². The lowest BCUT2D eigenvalue weighted by Gasteiger charge is -2.17. The molecule has 0 aliphatic rings. The molecule has 5 heteroatoms. The standard InChI is InChI=1S/C13H17NO4/c1-9(10-6-4-3-5-7-10)12(15)14-11(8-18-2)13(16)17/h3-7,9,11H,8H2,1-2H3,(H,14,15)(H,16,17)/t9-,11?/m0/s1. The van der Waals surface area contributed by atoms with Gasteiger partial charge in [-0.2, -0.15) is 0 Å². The number of benzene rings is 1. The van der Waals surface area contributed by atoms with Crippen molar-refractivity contribution in [2.75, 3.05) is 13.7 Å². The first-order valence-electron chi connectivity index (χ1n) is 5.63. The van der Waals surface area contributed by atoms with Gasteiger partial charge in [0.05, 0.1) is 12.5 Å². The van der Waals surface area contributed by atoms with Crippen molar-refractivity contribution in [3.05, 3.63) is 35.9 Å². The fourth-order valence-electron chi connectivity index (χ4n) is 1.53. The Morgan fingerprint density at radius 2 is 1.94 bits per heavy atom. The average Bonchev–Trinajstić information content (AvgIpc) is 2.38. The second-order valence-corrected chi connectivity index (χ2v) is 3.99. The van der Waals surface area contributed by atoms with Crippen molar-refractivity contribution in [3.63, 3.8) is 0 Å². The van der Waals surface area contributed by atoms with Gasteiger partial charge in [-0.25, -0.2) is 4.79 Å². The molecule has 1 aromatic carbocycles. The molecule has 18 heavy (non-hydrogen) atoms. The first-order valence-corrected chi connectivity index (χ1v) is 5.63. The van der Waals surface area contributed by atoms with Crippen LogP contribution in [0.25, 0.3) is 0 Å². The van der Waals surface area contributed by atoms with E-state index in [0.29, 0.717) is 0 Å². The van der Waals surface area contributed by atoms with E-state index < -0.39 is 17.9 Å². The lowest BCUT2D eigenvalue weighted by atomic mass is 10.0. The highest BCUT2D eigenvalue weighted by molar-refractivity contribution is 5.87. The zero-order chi connectivity index (χ0) is 13.5. The van der Waals surface area contributed by atoms with E-state index in [-0.39, 0.29) is 12.5 Å². The Labute approximate surface area is 106 Å². The van der Waals surface area contributed by atoms with E-state index in [4.69, 9.17) is 9.84 Å². The van der Waals surface area contributed by atoms with Crippen LogP contribution < -0.4 is 5.32 Å². The van der Waals surface area contributed by atoms with Gasteiger partial charge in [-0.05, 0) is 12.5 Å². The Hall–Kier alpha value is -1.88. The number of carbonyl (C=O) groups excluding carboxylic acids is 1. The number of carbonyl (C=O) groups is 2. The molecule has 98 valence electrons. The number of carboxylic acids is 1. The molecule has 0 spiro atoms. The molecule has 0 saturated heterocycles. The number of ether oxygens (including phenoxy) is 1. The number of hydrogen-bond acceptors (Lipinski definition) is 3. The van der Waals surface area contributed by atoms with Crippen LogP contribution in [0.3, 0.4) is 0 Å². The van der Waals surface area contributed by atoms with Gasteiger partial charge in [-0.15, -0.1) is 0 Å². The topological polar surface area (TPSA) is 75.6 Å². The molecule has 1 aromatic rings. The first-order chi connectivity index (χ1) is 8.56. The molecule has 2 atom stereocenters. The molecule has 5 nitrogen and oxygen atoms in total. The number of rotatable bonds is 6. The lowest BCUT2D eigenvalue weighted by Crippen LogP contribution is -2.45. The molecule has 0 aromatic heterocycles. The summed E-state index contributed by atoms with van der Waals surface area (Å²) in [5, 5.41) is 11.4. The third-order valence-corrected chi connectivity index (χ3v) is 2.64. The van der Waals surface area contributed by atoms with Gasteiger partial charge in [0.15, 0.2) is 6.04 Å². The van der Waals surface area contributed by atoms with Gasteiger partial charge >= 0.3 is 5.97 Å². The van der Waals surface area contributed by atoms with Crippen LogP contribution in [0.4, 0.5) is 0 Å². The summed E-state index contributed by atoms with van der Waals surface area (Å²) in [7, 11) is 1.39. The lowest BCUT2D eigenvalue weighted by molar-refractivity contribution is -0.143. The summed E-state index contributed by atoms with van der Waals surface area (Å²) in [6, 6.07) is 8.17. The van der Waals surface area contributed by atoms with Gasteiger partial charge in [0.1, 0.15) is 0 Å². The zero-order valence-corrected chi connectivity index (χ0v) is 10.4. The first kappa shape index (κ1) is 14.2. The summed E-state index contributed by atoms with van der Waals surface area (Å²) < 4.78 is 4.76. The van der Waals surface area contributed by atoms with Crippen molar-refractivity contribution in [2.24, 2.45) is 0 Å². The normalized spacial score (nSPS) is 13.7. The summed E-state index contributed by atoms with van der Waals surface area (Å²) >= 11 is 0. The number of methoxy groups -OCH3 is 1. The Morgan fingerprint density at radius 1 is 1.33 bits per heavy atom. The van der Waals surface area contributed by atoms with Crippen molar-refractivity contribution >= 4 is 11.9 Å². The molecule has 2 N–H and O–H groups in total. The number of amides is 1. The second kappa shape index (κ2) is 6.76. The van der Waals surface area contributed by atoms with Crippen LogP contribution in [-0.4, -0.2) is 36.7 Å². The minimum absolute atomic E-state index is 0.0530. The van der Waals surface area contributed by atoms with Crippen LogP contribution in [0, 0.1) is 0 Å². The fourth-order valence-corrected chi connectivity index (χ4v) is 1.53. The van der Waals surface area contributed by atoms with Gasteiger partial charge in [0, 0.05) is 7.11 Å². The molecule has 0 aliphatic carbocycles. The molecule has 0 aliphatic heterocycles. The summed E-state index contributed by atoms with van der Waals surface area (Å²) in [6.45, 7) is 1.68. The van der Waals surface area contributed by atoms with Crippen LogP contribution in [0.1, 0.15) is 18.4 Å². The van der Waals surface area contributed by atoms with E-state index in [0.717, 1.165) is 5.56 Å². The average molecular weight is 251 g/mol. The maximum absolute atomic E-state index is 11.9. The fraction of sp³-hybridized carbons (Fsp3) is 0.385. The van der Waals surface area contributed by atoms with E-state index in [2.05, 4.69) is 5.32 Å². The molecule has 0 fully saturated rings. The van der Waals surface area contributed by atoms with Crippen LogP contribution in [-0.2, 0) is 14.3 Å². The summed E-state index contributed by atoms with van der Waals surface area (Å²) in [5.74, 6) is -1.83. The van der Waals surface area contributed by atoms with Crippen LogP contribution in [0.5, 0.6) is 0 Å². The molecular formula is C13H17NO4. The van der Waals surface area contributed by atoms with E-state index in [9.17, 15) is 9.59 Å². The van der Waals surface area contributed by atoms with E-state index in [1.165, 1.54) is 7.11 Å². The van der Waals surface area contributed by atoms with E-state index in [1.807, 2.05) is 30.3 Å². The van der Waals surface area contributed by atoms with Crippen molar-refractivity contribution in [3.8, 4) is 0 Å². The van der Waals surface area contributed by atoms with Crippen molar-refractivity contribution in [1.82, 2.24) is 5.32 Å². The monoisotopic (exact) mass is 251 g/mol. The molecule has 0 bridgehead atoms. The maximum atomic E-state index is 11.9. The number of aliphatic carboxylic acids is 1. The molecule has 1 rings (SSSR count). The number of hydrogen-bond donors (Lipinski definition) is 2. The SMILES string of the molecule is COCC(NC(=O)[C@@H](C)c1ccccc1)C(=O)O. The predicted molar refractivity (Wildman–Crippen MR) is 66.3 cm³/mol. The quantitative estimate of drug-likeness (QED) is 0.791. The third kappa shape index (κ3) is 3.85. The Kier molecular flexibility index (Phi) is 5.32. The highest BCUT2D eigenvalue weighted by Crippen LogP contribution is 2.14. The van der Waals surface area contributed by atoms with Crippen LogP contribution in [0.15, 0.2) is 30.3 Å². The molecule has 1 unspecified atom stereocenters. The molecule has 0 radical (unpaired) electrons. The summed E-state index contributed by atoms with van der Waals surface area (Å²) in [6.07, 6.45) is 0. The van der Waals surface area contributed by atoms with Crippen molar-refractivity contribution in [2.45, 2.75) is 18.9 Å². The smallest absolute Gasteiger partial charge is 0.328 e. The summed E-state index contributed by atoms with van der Waals surface area (Å²) in [4.78, 5) is 22.8. The molecule has 0 saturated carbocycles. The number of nitrogens with one attached hydrogen (secondary N) is 1. The maximum Gasteiger partial charge on any atom is 0.328 e. The molecule has 0 heterocycles. The van der Waals surface area contributed by atoms with Gasteiger partial charge in [0.2, 0.25) is 5.91 Å². The predicted octanol–water partition coefficient (Wildman–Crippen LogP) is 1.01. The van der Waals surface area contributed by atoms with Crippen LogP contribution >= 0.6 is 0 Å². The molecule has 1 amide bonds. The highest BCUT2D eigenvalue weighted by atomic mass is 16.5. The highest BCUT2D eigenvalue weighted by Gasteiger charge is 2.23. The zero-order valence-electron chi connectivity index (χ0n) is 10.4. The Balaban J connectivity index is 2.67. The van der Waals surface area contributed by atoms with Crippen molar-refractivity contribution < 1.29 is 19.4 Å². The minimum Gasteiger partial charge on any atom is -0.480 e. The van der Waals surface area contributed by atoms with Gasteiger partial charge < -0.3 is 15.2 Å². The Bertz CT molecular complexity index is 405. The minimum atomic E-state index is -1.11. The second-order valence-electron chi connectivity index (χ2n) is 3.99. The number of carboxylic acid groups (broad SMARTS) is 1. The summed E-state index contributed by atoms with van der Waals surface area (Å²) in [5.41, 5.74) is 0.844. The van der Waals surface area contributed by atoms with Gasteiger partial charge in [0.25, 0.3) is 0 Å². The van der Waals surface area contributed by atoms with Crippen LogP contribution in [0.2, 0.25) is 0 Å². The molecular weight excluding hydrogens is 234 g/mol. The van der Waals surface area contributed by atoms with Gasteiger partial charge in [-0.1, -0.05) is 30.3 Å².